The average molecular weight is 407 g/mol. The first kappa shape index (κ1) is 17.9. The highest BCUT2D eigenvalue weighted by molar-refractivity contribution is 7.20. The van der Waals surface area contributed by atoms with Crippen LogP contribution in [0.1, 0.15) is 28.2 Å². The Morgan fingerprint density at radius 1 is 1.17 bits per heavy atom. The monoisotopic (exact) mass is 407 g/mol. The highest BCUT2D eigenvalue weighted by Crippen LogP contribution is 2.29. The van der Waals surface area contributed by atoms with E-state index in [-0.39, 0.29) is 5.91 Å². The molecule has 1 saturated heterocycles. The Morgan fingerprint density at radius 3 is 2.79 bits per heavy atom. The van der Waals surface area contributed by atoms with Crippen LogP contribution in [-0.2, 0) is 0 Å². The fraction of sp³-hybridized carbons (Fsp3) is 0.286. The van der Waals surface area contributed by atoms with Crippen LogP contribution in [0.4, 0.5) is 11.5 Å². The van der Waals surface area contributed by atoms with Crippen molar-refractivity contribution in [3.05, 3.63) is 47.2 Å². The molecule has 0 bridgehead atoms. The molecule has 4 aromatic heterocycles. The lowest BCUT2D eigenvalue weighted by molar-refractivity contribution is 0.103. The smallest absolute Gasteiger partial charge is 0.265 e. The zero-order valence-corrected chi connectivity index (χ0v) is 17.1. The van der Waals surface area contributed by atoms with Gasteiger partial charge >= 0.3 is 0 Å². The fourth-order valence-electron chi connectivity index (χ4n) is 3.74. The maximum absolute atomic E-state index is 12.9. The lowest BCUT2D eigenvalue weighted by atomic mass is 10.3. The number of hydrogen-bond donors (Lipinski definition) is 1. The normalized spacial score (nSPS) is 14.1. The largest absolute Gasteiger partial charge is 0.493 e. The SMILES string of the molecule is COc1cc(NC(=O)c2cc3ccc(N4CCCC4)nc3s2)cn2cc(C)nc12. The van der Waals surface area contributed by atoms with Crippen LogP contribution in [0.3, 0.4) is 0 Å². The number of fused-ring (bicyclic) bond motifs is 2. The van der Waals surface area contributed by atoms with Crippen molar-refractivity contribution in [2.24, 2.45) is 0 Å². The number of rotatable bonds is 4. The highest BCUT2D eigenvalue weighted by Gasteiger charge is 2.17. The van der Waals surface area contributed by atoms with Gasteiger partial charge in [0.1, 0.15) is 10.6 Å². The van der Waals surface area contributed by atoms with Gasteiger partial charge in [0.25, 0.3) is 5.91 Å². The van der Waals surface area contributed by atoms with Gasteiger partial charge in [0.2, 0.25) is 0 Å². The van der Waals surface area contributed by atoms with E-state index in [1.807, 2.05) is 41.9 Å². The van der Waals surface area contributed by atoms with Crippen molar-refractivity contribution >= 4 is 44.6 Å². The van der Waals surface area contributed by atoms with Crippen LogP contribution in [0.25, 0.3) is 15.9 Å². The number of ether oxygens (including phenoxy) is 1. The minimum Gasteiger partial charge on any atom is -0.493 e. The maximum Gasteiger partial charge on any atom is 0.265 e. The summed E-state index contributed by atoms with van der Waals surface area (Å²) >= 11 is 1.42. The molecule has 0 radical (unpaired) electrons. The number of pyridine rings is 2. The third kappa shape index (κ3) is 3.29. The highest BCUT2D eigenvalue weighted by atomic mass is 32.1. The van der Waals surface area contributed by atoms with Gasteiger partial charge in [-0.05, 0) is 38.0 Å². The number of anilines is 2. The summed E-state index contributed by atoms with van der Waals surface area (Å²) in [5, 5.41) is 3.96. The molecule has 0 aromatic carbocycles. The van der Waals surface area contributed by atoms with Crippen molar-refractivity contribution in [2.45, 2.75) is 19.8 Å². The van der Waals surface area contributed by atoms with Gasteiger partial charge in [0.15, 0.2) is 11.4 Å². The van der Waals surface area contributed by atoms with E-state index in [1.165, 1.54) is 24.2 Å². The summed E-state index contributed by atoms with van der Waals surface area (Å²) in [7, 11) is 1.60. The van der Waals surface area contributed by atoms with Gasteiger partial charge in [0.05, 0.1) is 23.4 Å². The Morgan fingerprint density at radius 2 is 2.00 bits per heavy atom. The van der Waals surface area contributed by atoms with E-state index in [4.69, 9.17) is 9.72 Å². The molecule has 1 amide bonds. The predicted molar refractivity (Wildman–Crippen MR) is 116 cm³/mol. The quantitative estimate of drug-likeness (QED) is 0.551. The van der Waals surface area contributed by atoms with Gasteiger partial charge in [-0.1, -0.05) is 0 Å². The molecule has 1 N–H and O–H groups in total. The number of carbonyl (C=O) groups is 1. The van der Waals surface area contributed by atoms with Gasteiger partial charge in [0, 0.05) is 36.9 Å². The second-order valence-electron chi connectivity index (χ2n) is 7.23. The lowest BCUT2D eigenvalue weighted by Crippen LogP contribution is -2.18. The number of nitrogens with one attached hydrogen (secondary N) is 1. The van der Waals surface area contributed by atoms with E-state index in [2.05, 4.69) is 15.2 Å². The maximum atomic E-state index is 12.9. The van der Waals surface area contributed by atoms with Gasteiger partial charge in [-0.3, -0.25) is 4.79 Å². The van der Waals surface area contributed by atoms with Gasteiger partial charge < -0.3 is 19.4 Å². The van der Waals surface area contributed by atoms with Gasteiger partial charge in [-0.15, -0.1) is 11.3 Å². The standard InChI is InChI=1S/C21H21N5O2S/c1-13-11-26-12-15(10-16(28-2)19(26)22-13)23-20(27)17-9-14-5-6-18(24-21(14)29-17)25-7-3-4-8-25/h5-6,9-12H,3-4,7-8H2,1-2H3,(H,23,27). The average Bonchev–Trinajstić information content (AvgIpc) is 3.45. The number of thiophene rings is 1. The van der Waals surface area contributed by atoms with E-state index in [0.29, 0.717) is 16.3 Å². The van der Waals surface area contributed by atoms with Crippen LogP contribution < -0.4 is 15.0 Å². The van der Waals surface area contributed by atoms with Gasteiger partial charge in [-0.25, -0.2) is 9.97 Å². The Bertz CT molecular complexity index is 1220. The van der Waals surface area contributed by atoms with Crippen LogP contribution in [0.15, 0.2) is 36.7 Å². The second kappa shape index (κ2) is 7.04. The summed E-state index contributed by atoms with van der Waals surface area (Å²) in [6.07, 6.45) is 6.16. The molecule has 148 valence electrons. The summed E-state index contributed by atoms with van der Waals surface area (Å²) in [5.41, 5.74) is 2.26. The number of aryl methyl sites for hydroxylation is 1. The minimum atomic E-state index is -0.158. The topological polar surface area (TPSA) is 71.8 Å². The number of imidazole rings is 1. The molecule has 4 aromatic rings. The first-order valence-corrected chi connectivity index (χ1v) is 10.4. The molecule has 0 aliphatic carbocycles. The lowest BCUT2D eigenvalue weighted by Gasteiger charge is -2.15. The number of methoxy groups -OCH3 is 1. The number of carbonyl (C=O) groups excluding carboxylic acids is 1. The van der Waals surface area contributed by atoms with E-state index >= 15 is 0 Å². The molecule has 29 heavy (non-hydrogen) atoms. The summed E-state index contributed by atoms with van der Waals surface area (Å²) in [4.78, 5) is 25.9. The zero-order valence-electron chi connectivity index (χ0n) is 16.3. The molecule has 7 nitrogen and oxygen atoms in total. The molecule has 1 aliphatic rings. The Kier molecular flexibility index (Phi) is 4.35. The van der Waals surface area contributed by atoms with Crippen LogP contribution >= 0.6 is 11.3 Å². The van der Waals surface area contributed by atoms with E-state index in [9.17, 15) is 4.79 Å². The van der Waals surface area contributed by atoms with Crippen molar-refractivity contribution in [1.82, 2.24) is 14.4 Å². The van der Waals surface area contributed by atoms with Gasteiger partial charge in [-0.2, -0.15) is 0 Å². The number of hydrogen-bond acceptors (Lipinski definition) is 6. The molecule has 0 spiro atoms. The molecule has 1 aliphatic heterocycles. The van der Waals surface area contributed by atoms with E-state index in [0.717, 1.165) is 40.5 Å². The van der Waals surface area contributed by atoms with Crippen molar-refractivity contribution in [3.63, 3.8) is 0 Å². The molecule has 5 rings (SSSR count). The number of nitrogens with zero attached hydrogens (tertiary/aromatic N) is 4. The molecular formula is C21H21N5O2S. The third-order valence-electron chi connectivity index (χ3n) is 5.14. The minimum absolute atomic E-state index is 0.158. The molecule has 0 saturated carbocycles. The van der Waals surface area contributed by atoms with Crippen LogP contribution in [-0.4, -0.2) is 40.5 Å². The van der Waals surface area contributed by atoms with Crippen molar-refractivity contribution in [3.8, 4) is 5.75 Å². The predicted octanol–water partition coefficient (Wildman–Crippen LogP) is 4.11. The Hall–Kier alpha value is -3.13. The first-order valence-electron chi connectivity index (χ1n) is 9.61. The summed E-state index contributed by atoms with van der Waals surface area (Å²) < 4.78 is 7.29. The molecule has 0 atom stereocenters. The summed E-state index contributed by atoms with van der Waals surface area (Å²) in [6.45, 7) is 4.02. The molecule has 1 fully saturated rings. The summed E-state index contributed by atoms with van der Waals surface area (Å²) in [5.74, 6) is 1.45. The van der Waals surface area contributed by atoms with Crippen molar-refractivity contribution in [1.29, 1.82) is 0 Å². The molecular weight excluding hydrogens is 386 g/mol. The van der Waals surface area contributed by atoms with Crippen LogP contribution in [0.5, 0.6) is 5.75 Å². The number of amides is 1. The fourth-order valence-corrected chi connectivity index (χ4v) is 4.67. The molecule has 8 heteroatoms. The van der Waals surface area contributed by atoms with Crippen LogP contribution in [0.2, 0.25) is 0 Å². The van der Waals surface area contributed by atoms with Crippen LogP contribution in [0, 0.1) is 6.92 Å². The zero-order chi connectivity index (χ0) is 20.0. The second-order valence-corrected chi connectivity index (χ2v) is 8.26. The van der Waals surface area contributed by atoms with E-state index in [1.54, 1.807) is 13.2 Å². The molecule has 0 unspecified atom stereocenters. The molecule has 5 heterocycles. The summed E-state index contributed by atoms with van der Waals surface area (Å²) in [6, 6.07) is 7.78. The number of aromatic nitrogens is 3. The Labute approximate surface area is 172 Å². The van der Waals surface area contributed by atoms with Crippen molar-refractivity contribution < 1.29 is 9.53 Å². The third-order valence-corrected chi connectivity index (χ3v) is 6.18. The first-order chi connectivity index (χ1) is 14.1. The van der Waals surface area contributed by atoms with E-state index < -0.39 is 0 Å². The van der Waals surface area contributed by atoms with Crippen molar-refractivity contribution in [2.75, 3.05) is 30.4 Å². The Balaban J connectivity index is 1.43.